The maximum absolute atomic E-state index is 12.7. The number of anilines is 1. The van der Waals surface area contributed by atoms with Gasteiger partial charge in [0.1, 0.15) is 16.9 Å². The molecule has 29 heavy (non-hydrogen) atoms. The van der Waals surface area contributed by atoms with Crippen LogP contribution in [0.5, 0.6) is 0 Å². The molecule has 0 atom stereocenters. The second kappa shape index (κ2) is 7.81. The molecule has 4 heterocycles. The van der Waals surface area contributed by atoms with E-state index in [1.165, 1.54) is 0 Å². The molecular formula is C21H20N6O2. The zero-order valence-electron chi connectivity index (χ0n) is 16.3. The number of nitrogens with zero attached hydrogens (tertiary/aromatic N) is 5. The first-order valence-electron chi connectivity index (χ1n) is 9.26. The van der Waals surface area contributed by atoms with Crippen LogP contribution in [-0.2, 0) is 4.74 Å². The second-order valence-electron chi connectivity index (χ2n) is 6.76. The van der Waals surface area contributed by atoms with Gasteiger partial charge in [-0.05, 0) is 19.9 Å². The average Bonchev–Trinajstić information content (AvgIpc) is 2.75. The predicted molar refractivity (Wildman–Crippen MR) is 108 cm³/mol. The number of nitrogens with two attached hydrogens (primary N) is 1. The van der Waals surface area contributed by atoms with Crippen LogP contribution in [0.15, 0.2) is 24.7 Å². The van der Waals surface area contributed by atoms with Gasteiger partial charge >= 0.3 is 0 Å². The lowest BCUT2D eigenvalue weighted by atomic mass is 10.1. The Labute approximate surface area is 168 Å². The fourth-order valence-corrected chi connectivity index (χ4v) is 3.04. The van der Waals surface area contributed by atoms with Crippen molar-refractivity contribution in [1.82, 2.24) is 24.8 Å². The number of amides is 1. The van der Waals surface area contributed by atoms with E-state index >= 15 is 0 Å². The molecule has 0 aliphatic carbocycles. The summed E-state index contributed by atoms with van der Waals surface area (Å²) in [4.78, 5) is 31.8. The van der Waals surface area contributed by atoms with Gasteiger partial charge in [-0.15, -0.1) is 0 Å². The smallest absolute Gasteiger partial charge is 0.255 e. The van der Waals surface area contributed by atoms with Crippen molar-refractivity contribution in [2.45, 2.75) is 13.8 Å². The lowest BCUT2D eigenvalue weighted by Gasteiger charge is -2.26. The number of pyridine rings is 2. The number of rotatable bonds is 1. The molecule has 3 aromatic rings. The summed E-state index contributed by atoms with van der Waals surface area (Å²) in [6.45, 7) is 6.03. The van der Waals surface area contributed by atoms with E-state index in [-0.39, 0.29) is 11.7 Å². The Morgan fingerprint density at radius 3 is 2.66 bits per heavy atom. The van der Waals surface area contributed by atoms with Gasteiger partial charge in [0.15, 0.2) is 0 Å². The Kier molecular flexibility index (Phi) is 5.06. The van der Waals surface area contributed by atoms with E-state index in [2.05, 4.69) is 31.8 Å². The molecule has 1 aliphatic rings. The number of ether oxygens (including phenoxy) is 1. The highest BCUT2D eigenvalue weighted by atomic mass is 16.5. The summed E-state index contributed by atoms with van der Waals surface area (Å²) in [5, 5.41) is 0. The fourth-order valence-electron chi connectivity index (χ4n) is 3.04. The number of nitrogen functional groups attached to an aromatic ring is 1. The SMILES string of the molecule is Cc1nc2cnc(N)c(C#Cc3cncc(C(=O)N4CCOCC4)c3)c2nc1C. The Morgan fingerprint density at radius 1 is 1.10 bits per heavy atom. The minimum atomic E-state index is -0.0761. The minimum Gasteiger partial charge on any atom is -0.383 e. The predicted octanol–water partition coefficient (Wildman–Crippen LogP) is 1.49. The molecule has 1 aliphatic heterocycles. The molecular weight excluding hydrogens is 368 g/mol. The third-order valence-electron chi connectivity index (χ3n) is 4.77. The number of hydrogen-bond acceptors (Lipinski definition) is 7. The van der Waals surface area contributed by atoms with Gasteiger partial charge < -0.3 is 15.4 Å². The molecule has 0 aromatic carbocycles. The first-order chi connectivity index (χ1) is 14.0. The summed E-state index contributed by atoms with van der Waals surface area (Å²) in [6, 6.07) is 1.73. The Morgan fingerprint density at radius 2 is 1.86 bits per heavy atom. The standard InChI is InChI=1S/C21H20N6O2/c1-13-14(2)26-19-17(20(22)24-12-18(19)25-13)4-3-15-9-16(11-23-10-15)21(28)27-5-7-29-8-6-27/h9-12H,5-8H2,1-2H3,(H2,22,24). The number of carbonyl (C=O) groups is 1. The largest absolute Gasteiger partial charge is 0.383 e. The second-order valence-corrected chi connectivity index (χ2v) is 6.76. The molecule has 1 saturated heterocycles. The van der Waals surface area contributed by atoms with Crippen LogP contribution in [0.25, 0.3) is 11.0 Å². The van der Waals surface area contributed by atoms with Gasteiger partial charge in [0.2, 0.25) is 0 Å². The van der Waals surface area contributed by atoms with Crippen molar-refractivity contribution >= 4 is 22.8 Å². The molecule has 0 saturated carbocycles. The molecule has 0 bridgehead atoms. The van der Waals surface area contributed by atoms with Crippen LogP contribution in [0.3, 0.4) is 0 Å². The first kappa shape index (κ1) is 18.8. The molecule has 8 nitrogen and oxygen atoms in total. The van der Waals surface area contributed by atoms with E-state index in [4.69, 9.17) is 10.5 Å². The van der Waals surface area contributed by atoms with Crippen LogP contribution in [-0.4, -0.2) is 57.0 Å². The number of fused-ring (bicyclic) bond motifs is 1. The topological polar surface area (TPSA) is 107 Å². The third kappa shape index (κ3) is 3.86. The fraction of sp³-hybridized carbons (Fsp3) is 0.286. The van der Waals surface area contributed by atoms with Crippen LogP contribution >= 0.6 is 0 Å². The zero-order valence-corrected chi connectivity index (χ0v) is 16.3. The van der Waals surface area contributed by atoms with E-state index in [9.17, 15) is 4.79 Å². The molecule has 3 aromatic heterocycles. The van der Waals surface area contributed by atoms with Crippen LogP contribution in [0.2, 0.25) is 0 Å². The van der Waals surface area contributed by atoms with Gasteiger partial charge in [-0.3, -0.25) is 9.78 Å². The molecule has 0 spiro atoms. The van der Waals surface area contributed by atoms with Gasteiger partial charge in [-0.1, -0.05) is 11.8 Å². The van der Waals surface area contributed by atoms with Gasteiger partial charge in [0, 0.05) is 31.0 Å². The van der Waals surface area contributed by atoms with Crippen molar-refractivity contribution in [2.75, 3.05) is 32.0 Å². The summed E-state index contributed by atoms with van der Waals surface area (Å²) in [5.41, 5.74) is 10.6. The van der Waals surface area contributed by atoms with Gasteiger partial charge in [0.25, 0.3) is 5.91 Å². The van der Waals surface area contributed by atoms with Crippen molar-refractivity contribution in [3.05, 3.63) is 52.7 Å². The Bertz CT molecular complexity index is 1160. The highest BCUT2D eigenvalue weighted by molar-refractivity contribution is 5.94. The van der Waals surface area contributed by atoms with Crippen LogP contribution in [0.4, 0.5) is 5.82 Å². The monoisotopic (exact) mass is 388 g/mol. The van der Waals surface area contributed by atoms with E-state index in [1.807, 2.05) is 13.8 Å². The molecule has 1 amide bonds. The lowest BCUT2D eigenvalue weighted by Crippen LogP contribution is -2.40. The third-order valence-corrected chi connectivity index (χ3v) is 4.77. The van der Waals surface area contributed by atoms with Crippen molar-refractivity contribution in [3.63, 3.8) is 0 Å². The van der Waals surface area contributed by atoms with Gasteiger partial charge in [-0.25, -0.2) is 15.0 Å². The molecule has 1 fully saturated rings. The summed E-state index contributed by atoms with van der Waals surface area (Å²) in [5.74, 6) is 6.28. The lowest BCUT2D eigenvalue weighted by molar-refractivity contribution is 0.0302. The van der Waals surface area contributed by atoms with Gasteiger partial charge in [0.05, 0.1) is 41.9 Å². The number of morpholine rings is 1. The molecule has 8 heteroatoms. The summed E-state index contributed by atoms with van der Waals surface area (Å²) < 4.78 is 5.30. The highest BCUT2D eigenvalue weighted by Gasteiger charge is 2.18. The molecule has 4 rings (SSSR count). The summed E-state index contributed by atoms with van der Waals surface area (Å²) in [7, 11) is 0. The summed E-state index contributed by atoms with van der Waals surface area (Å²) >= 11 is 0. The van der Waals surface area contributed by atoms with E-state index < -0.39 is 0 Å². The first-order valence-corrected chi connectivity index (χ1v) is 9.26. The Balaban J connectivity index is 1.69. The summed E-state index contributed by atoms with van der Waals surface area (Å²) in [6.07, 6.45) is 4.76. The number of aromatic nitrogens is 4. The van der Waals surface area contributed by atoms with E-state index in [0.717, 1.165) is 11.4 Å². The average molecular weight is 388 g/mol. The zero-order chi connectivity index (χ0) is 20.4. The van der Waals surface area contributed by atoms with Crippen molar-refractivity contribution in [2.24, 2.45) is 0 Å². The van der Waals surface area contributed by atoms with E-state index in [1.54, 1.807) is 29.6 Å². The minimum absolute atomic E-state index is 0.0761. The number of aryl methyl sites for hydroxylation is 2. The normalized spacial score (nSPS) is 13.8. The maximum atomic E-state index is 12.7. The number of carbonyl (C=O) groups excluding carboxylic acids is 1. The van der Waals surface area contributed by atoms with Gasteiger partial charge in [-0.2, -0.15) is 0 Å². The van der Waals surface area contributed by atoms with Crippen molar-refractivity contribution in [3.8, 4) is 11.8 Å². The maximum Gasteiger partial charge on any atom is 0.255 e. The van der Waals surface area contributed by atoms with Crippen molar-refractivity contribution in [1.29, 1.82) is 0 Å². The molecule has 0 unspecified atom stereocenters. The quantitative estimate of drug-likeness (QED) is 0.629. The molecule has 146 valence electrons. The molecule has 0 radical (unpaired) electrons. The van der Waals surface area contributed by atoms with Crippen LogP contribution < -0.4 is 5.73 Å². The Hall–Kier alpha value is -3.57. The van der Waals surface area contributed by atoms with Crippen molar-refractivity contribution < 1.29 is 9.53 Å². The molecule has 2 N–H and O–H groups in total. The highest BCUT2D eigenvalue weighted by Crippen LogP contribution is 2.20. The van der Waals surface area contributed by atoms with Crippen LogP contribution in [0.1, 0.15) is 32.9 Å². The number of hydrogen-bond donors (Lipinski definition) is 1. The van der Waals surface area contributed by atoms with Crippen LogP contribution in [0, 0.1) is 25.7 Å². The van der Waals surface area contributed by atoms with E-state index in [0.29, 0.717) is 54.0 Å².